The Bertz CT molecular complexity index is 1100. The van der Waals surface area contributed by atoms with Gasteiger partial charge in [-0.2, -0.15) is 0 Å². The Kier molecular flexibility index (Phi) is 7.31. The predicted molar refractivity (Wildman–Crippen MR) is 122 cm³/mol. The molecule has 0 radical (unpaired) electrons. The van der Waals surface area contributed by atoms with Crippen LogP contribution in [0, 0.1) is 0 Å². The molecule has 2 aromatic carbocycles. The normalized spacial score (nSPS) is 11.6. The second-order valence-corrected chi connectivity index (χ2v) is 10.5. The highest BCUT2D eigenvalue weighted by Gasteiger charge is 2.24. The molecule has 0 bridgehead atoms. The number of sulfonamides is 1. The number of nitrogens with zero attached hydrogens (tertiary/aromatic N) is 2. The van der Waals surface area contributed by atoms with Gasteiger partial charge >= 0.3 is 0 Å². The van der Waals surface area contributed by atoms with Crippen molar-refractivity contribution in [2.45, 2.75) is 17.9 Å². The molecule has 0 unspecified atom stereocenters. The highest BCUT2D eigenvalue weighted by Crippen LogP contribution is 2.26. The molecule has 3 aromatic rings. The second-order valence-electron chi connectivity index (χ2n) is 6.97. The van der Waals surface area contributed by atoms with Crippen molar-refractivity contribution in [2.75, 3.05) is 20.6 Å². The molecule has 30 heavy (non-hydrogen) atoms. The molecule has 1 amide bonds. The second kappa shape index (κ2) is 9.75. The van der Waals surface area contributed by atoms with Crippen LogP contribution in [0.3, 0.4) is 0 Å². The topological polar surface area (TPSA) is 57.7 Å². The van der Waals surface area contributed by atoms with Crippen LogP contribution in [0.1, 0.15) is 20.8 Å². The fourth-order valence-electron chi connectivity index (χ4n) is 2.97. The molecule has 8 heteroatoms. The smallest absolute Gasteiger partial charge is 0.254 e. The molecule has 0 saturated carbocycles. The zero-order chi connectivity index (χ0) is 21.7. The first-order valence-electron chi connectivity index (χ1n) is 9.36. The van der Waals surface area contributed by atoms with Crippen molar-refractivity contribution in [2.24, 2.45) is 0 Å². The molecule has 0 atom stereocenters. The van der Waals surface area contributed by atoms with E-state index in [4.69, 9.17) is 11.6 Å². The summed E-state index contributed by atoms with van der Waals surface area (Å²) in [7, 11) is -0.894. The third kappa shape index (κ3) is 5.29. The molecule has 0 fully saturated rings. The van der Waals surface area contributed by atoms with E-state index in [1.807, 2.05) is 47.8 Å². The molecule has 0 saturated heterocycles. The monoisotopic (exact) mass is 462 g/mol. The zero-order valence-electron chi connectivity index (χ0n) is 16.8. The fourth-order valence-corrected chi connectivity index (χ4v) is 5.08. The van der Waals surface area contributed by atoms with Crippen LogP contribution in [-0.4, -0.2) is 44.2 Å². The average molecular weight is 463 g/mol. The van der Waals surface area contributed by atoms with Crippen LogP contribution in [0.15, 0.2) is 70.9 Å². The highest BCUT2D eigenvalue weighted by atomic mass is 35.5. The van der Waals surface area contributed by atoms with Crippen LogP contribution in [-0.2, 0) is 23.0 Å². The van der Waals surface area contributed by atoms with Crippen LogP contribution >= 0.6 is 22.9 Å². The third-order valence-electron chi connectivity index (χ3n) is 4.66. The number of carbonyl (C=O) groups is 1. The van der Waals surface area contributed by atoms with Gasteiger partial charge in [0, 0.05) is 31.1 Å². The van der Waals surface area contributed by atoms with Gasteiger partial charge in [0.25, 0.3) is 5.91 Å². The maximum absolute atomic E-state index is 13.3. The van der Waals surface area contributed by atoms with Gasteiger partial charge in [0.05, 0.1) is 11.6 Å². The van der Waals surface area contributed by atoms with Crippen molar-refractivity contribution in [3.63, 3.8) is 0 Å². The Hall–Kier alpha value is -2.19. The van der Waals surface area contributed by atoms with Gasteiger partial charge < -0.3 is 4.90 Å². The molecule has 158 valence electrons. The summed E-state index contributed by atoms with van der Waals surface area (Å²) in [4.78, 5) is 16.1. The number of hydrogen-bond acceptors (Lipinski definition) is 4. The molecule has 0 aliphatic heterocycles. The van der Waals surface area contributed by atoms with E-state index in [1.165, 1.54) is 26.2 Å². The van der Waals surface area contributed by atoms with Gasteiger partial charge in [0.15, 0.2) is 0 Å². The maximum atomic E-state index is 13.3. The molecule has 0 aliphatic carbocycles. The Morgan fingerprint density at radius 1 is 1.03 bits per heavy atom. The van der Waals surface area contributed by atoms with Crippen LogP contribution < -0.4 is 0 Å². The Morgan fingerprint density at radius 2 is 1.77 bits per heavy atom. The SMILES string of the molecule is CN(C)S(=O)(=O)c1cc(C(=O)N(CCc2ccccc2)Cc2cccs2)ccc1Cl. The van der Waals surface area contributed by atoms with Gasteiger partial charge in [-0.25, -0.2) is 12.7 Å². The number of benzene rings is 2. The van der Waals surface area contributed by atoms with E-state index in [9.17, 15) is 13.2 Å². The summed E-state index contributed by atoms with van der Waals surface area (Å²) in [5, 5.41) is 2.06. The fraction of sp³-hybridized carbons (Fsp3) is 0.227. The molecular formula is C22H23ClN2O3S2. The van der Waals surface area contributed by atoms with Crippen molar-refractivity contribution in [3.05, 3.63) is 87.1 Å². The minimum atomic E-state index is -3.76. The lowest BCUT2D eigenvalue weighted by molar-refractivity contribution is 0.0746. The van der Waals surface area contributed by atoms with Crippen molar-refractivity contribution in [3.8, 4) is 0 Å². The van der Waals surface area contributed by atoms with E-state index in [-0.39, 0.29) is 15.8 Å². The number of halogens is 1. The average Bonchev–Trinajstić information content (AvgIpc) is 3.24. The Morgan fingerprint density at radius 3 is 2.40 bits per heavy atom. The summed E-state index contributed by atoms with van der Waals surface area (Å²) in [6, 6.07) is 18.3. The lowest BCUT2D eigenvalue weighted by Gasteiger charge is -2.23. The first-order chi connectivity index (χ1) is 14.3. The van der Waals surface area contributed by atoms with Gasteiger partial charge in [-0.05, 0) is 41.6 Å². The lowest BCUT2D eigenvalue weighted by Crippen LogP contribution is -2.32. The quantitative estimate of drug-likeness (QED) is 0.494. The van der Waals surface area contributed by atoms with E-state index >= 15 is 0 Å². The summed E-state index contributed by atoms with van der Waals surface area (Å²) >= 11 is 7.72. The van der Waals surface area contributed by atoms with Crippen molar-refractivity contribution in [1.29, 1.82) is 0 Å². The van der Waals surface area contributed by atoms with E-state index < -0.39 is 10.0 Å². The van der Waals surface area contributed by atoms with Crippen molar-refractivity contribution < 1.29 is 13.2 Å². The van der Waals surface area contributed by atoms with Gasteiger partial charge in [0.1, 0.15) is 4.90 Å². The van der Waals surface area contributed by atoms with Gasteiger partial charge in [-0.3, -0.25) is 4.79 Å². The van der Waals surface area contributed by atoms with Crippen LogP contribution in [0.5, 0.6) is 0 Å². The predicted octanol–water partition coefficient (Wildman–Crippen LogP) is 4.54. The van der Waals surface area contributed by atoms with Crippen molar-refractivity contribution in [1.82, 2.24) is 9.21 Å². The number of rotatable bonds is 8. The molecule has 5 nitrogen and oxygen atoms in total. The minimum absolute atomic E-state index is 0.0702. The summed E-state index contributed by atoms with van der Waals surface area (Å²) < 4.78 is 26.3. The molecule has 0 spiro atoms. The highest BCUT2D eigenvalue weighted by molar-refractivity contribution is 7.89. The van der Waals surface area contributed by atoms with Crippen LogP contribution in [0.25, 0.3) is 0 Å². The van der Waals surface area contributed by atoms with Gasteiger partial charge in [-0.15, -0.1) is 11.3 Å². The van der Waals surface area contributed by atoms with E-state index in [1.54, 1.807) is 22.3 Å². The lowest BCUT2D eigenvalue weighted by atomic mass is 10.1. The van der Waals surface area contributed by atoms with Crippen LogP contribution in [0.4, 0.5) is 0 Å². The molecule has 1 aromatic heterocycles. The van der Waals surface area contributed by atoms with Crippen LogP contribution in [0.2, 0.25) is 5.02 Å². The molecular weight excluding hydrogens is 440 g/mol. The molecule has 1 heterocycles. The van der Waals surface area contributed by atoms with Gasteiger partial charge in [0.2, 0.25) is 10.0 Å². The Labute approximate surface area is 186 Å². The maximum Gasteiger partial charge on any atom is 0.254 e. The van der Waals surface area contributed by atoms with E-state index in [2.05, 4.69) is 0 Å². The molecule has 0 aliphatic rings. The zero-order valence-corrected chi connectivity index (χ0v) is 19.2. The number of hydrogen-bond donors (Lipinski definition) is 0. The summed E-state index contributed by atoms with van der Waals surface area (Å²) in [5.74, 6) is -0.230. The number of amides is 1. The van der Waals surface area contributed by atoms with E-state index in [0.29, 0.717) is 25.1 Å². The Balaban J connectivity index is 1.90. The van der Waals surface area contributed by atoms with Crippen molar-refractivity contribution >= 4 is 38.9 Å². The largest absolute Gasteiger partial charge is 0.333 e. The summed E-state index contributed by atoms with van der Waals surface area (Å²) in [6.07, 6.45) is 0.703. The number of thiophene rings is 1. The number of carbonyl (C=O) groups excluding carboxylic acids is 1. The molecule has 3 rings (SSSR count). The minimum Gasteiger partial charge on any atom is -0.333 e. The standard InChI is InChI=1S/C22H23ClN2O3S2/c1-24(2)30(27,28)21-15-18(10-11-20(21)23)22(26)25(16-19-9-6-14-29-19)13-12-17-7-4-3-5-8-17/h3-11,14-15H,12-13,16H2,1-2H3. The summed E-state index contributed by atoms with van der Waals surface area (Å²) in [5.41, 5.74) is 1.43. The molecule has 0 N–H and O–H groups in total. The summed E-state index contributed by atoms with van der Waals surface area (Å²) in [6.45, 7) is 0.973. The third-order valence-corrected chi connectivity index (χ3v) is 7.82. The van der Waals surface area contributed by atoms with Gasteiger partial charge in [-0.1, -0.05) is 48.0 Å². The first-order valence-corrected chi connectivity index (χ1v) is 12.1. The first kappa shape index (κ1) is 22.5. The van der Waals surface area contributed by atoms with E-state index in [0.717, 1.165) is 14.7 Å².